The van der Waals surface area contributed by atoms with Gasteiger partial charge in [-0.15, -0.1) is 0 Å². The maximum atomic E-state index is 11.9. The van der Waals surface area contributed by atoms with E-state index in [0.29, 0.717) is 5.92 Å². The molecule has 0 aliphatic heterocycles. The summed E-state index contributed by atoms with van der Waals surface area (Å²) in [6, 6.07) is 0. The van der Waals surface area contributed by atoms with E-state index in [0.717, 1.165) is 38.5 Å². The van der Waals surface area contributed by atoms with Crippen molar-refractivity contribution < 1.29 is 9.90 Å². The molecule has 0 aromatic heterocycles. The minimum atomic E-state index is -0.618. The van der Waals surface area contributed by atoms with E-state index in [1.807, 2.05) is 13.0 Å². The molecule has 0 spiro atoms. The smallest absolute Gasteiger partial charge is 0.309 e. The molecule has 2 rings (SSSR count). The summed E-state index contributed by atoms with van der Waals surface area (Å²) in [4.78, 5) is 11.9. The third kappa shape index (κ3) is 2.68. The molecule has 22 heavy (non-hydrogen) atoms. The van der Waals surface area contributed by atoms with E-state index in [1.165, 1.54) is 11.1 Å². The van der Waals surface area contributed by atoms with Crippen molar-refractivity contribution in [3.8, 4) is 0 Å². The topological polar surface area (TPSA) is 37.3 Å². The van der Waals surface area contributed by atoms with Gasteiger partial charge in [-0.1, -0.05) is 49.8 Å². The Labute approximate surface area is 135 Å². The number of fused-ring (bicyclic) bond motifs is 1. The second kappa shape index (κ2) is 6.06. The third-order valence-electron chi connectivity index (χ3n) is 6.51. The zero-order valence-corrected chi connectivity index (χ0v) is 14.3. The molecule has 0 saturated heterocycles. The molecule has 2 nitrogen and oxygen atoms in total. The molecule has 4 atom stereocenters. The standard InChI is InChI=1S/C20H30O2/c1-6-14(2)8-10-16-15(3)9-11-17-19(16,4)12-7-13-20(17,5)18(21)22/h6,8,16-17H,1,3,7,9-13H2,2,4-5H3,(H,21,22)/b14-8+/t16?,17?,19?,20-/m1/s1. The Balaban J connectivity index is 2.36. The van der Waals surface area contributed by atoms with Crippen molar-refractivity contribution in [2.75, 3.05) is 0 Å². The molecule has 3 unspecified atom stereocenters. The van der Waals surface area contributed by atoms with Crippen LogP contribution in [0, 0.1) is 22.7 Å². The molecule has 0 heterocycles. The number of allylic oxidation sites excluding steroid dienone is 4. The van der Waals surface area contributed by atoms with E-state index < -0.39 is 11.4 Å². The van der Waals surface area contributed by atoms with E-state index in [1.54, 1.807) is 0 Å². The Morgan fingerprint density at radius 3 is 2.68 bits per heavy atom. The SMILES string of the molecule is C=C/C(C)=C/CC1C(=C)CCC2C1(C)CCC[C@@]2(C)C(=O)O. The Bertz CT molecular complexity index is 516. The van der Waals surface area contributed by atoms with Gasteiger partial charge in [-0.2, -0.15) is 0 Å². The van der Waals surface area contributed by atoms with Gasteiger partial charge in [0.15, 0.2) is 0 Å². The first-order valence-electron chi connectivity index (χ1n) is 8.46. The van der Waals surface area contributed by atoms with Crippen molar-refractivity contribution in [2.24, 2.45) is 22.7 Å². The van der Waals surface area contributed by atoms with E-state index >= 15 is 0 Å². The molecule has 1 N–H and O–H groups in total. The van der Waals surface area contributed by atoms with Crippen molar-refractivity contribution in [2.45, 2.75) is 59.3 Å². The predicted octanol–water partition coefficient (Wildman–Crippen LogP) is 5.37. The Hall–Kier alpha value is -1.31. The molecule has 0 bridgehead atoms. The first-order valence-corrected chi connectivity index (χ1v) is 8.46. The van der Waals surface area contributed by atoms with Crippen molar-refractivity contribution in [3.05, 3.63) is 36.5 Å². The maximum Gasteiger partial charge on any atom is 0.309 e. The molecule has 0 radical (unpaired) electrons. The number of carboxylic acids is 1. The summed E-state index contributed by atoms with van der Waals surface area (Å²) < 4.78 is 0. The molecule has 2 aliphatic carbocycles. The first-order chi connectivity index (χ1) is 10.3. The summed E-state index contributed by atoms with van der Waals surface area (Å²) >= 11 is 0. The van der Waals surface area contributed by atoms with Crippen LogP contribution >= 0.6 is 0 Å². The fraction of sp³-hybridized carbons (Fsp3) is 0.650. The number of aliphatic carboxylic acids is 1. The summed E-state index contributed by atoms with van der Waals surface area (Å²) in [6.45, 7) is 14.5. The highest BCUT2D eigenvalue weighted by Crippen LogP contribution is 2.61. The van der Waals surface area contributed by atoms with Crippen LogP contribution in [0.2, 0.25) is 0 Å². The van der Waals surface area contributed by atoms with Gasteiger partial charge in [-0.05, 0) is 63.2 Å². The van der Waals surface area contributed by atoms with Gasteiger partial charge in [0.1, 0.15) is 0 Å². The fourth-order valence-electron chi connectivity index (χ4n) is 5.03. The van der Waals surface area contributed by atoms with Crippen LogP contribution in [0.1, 0.15) is 59.3 Å². The summed E-state index contributed by atoms with van der Waals surface area (Å²) in [5.74, 6) is 0.0202. The molecular formula is C20H30O2. The lowest BCUT2D eigenvalue weighted by Gasteiger charge is -2.57. The molecule has 2 fully saturated rings. The molecular weight excluding hydrogens is 272 g/mol. The van der Waals surface area contributed by atoms with Crippen molar-refractivity contribution >= 4 is 5.97 Å². The largest absolute Gasteiger partial charge is 0.481 e. The molecule has 0 aromatic carbocycles. The predicted molar refractivity (Wildman–Crippen MR) is 91.6 cm³/mol. The van der Waals surface area contributed by atoms with Crippen LogP contribution in [0.3, 0.4) is 0 Å². The second-order valence-corrected chi connectivity index (χ2v) is 7.77. The molecule has 2 saturated carbocycles. The number of rotatable bonds is 4. The van der Waals surface area contributed by atoms with E-state index in [-0.39, 0.29) is 11.3 Å². The molecule has 0 amide bonds. The second-order valence-electron chi connectivity index (χ2n) is 7.77. The van der Waals surface area contributed by atoms with Crippen molar-refractivity contribution in [3.63, 3.8) is 0 Å². The minimum Gasteiger partial charge on any atom is -0.481 e. The number of carbonyl (C=O) groups is 1. The third-order valence-corrected chi connectivity index (χ3v) is 6.51. The van der Waals surface area contributed by atoms with Gasteiger partial charge < -0.3 is 5.11 Å². The lowest BCUT2D eigenvalue weighted by Crippen LogP contribution is -2.53. The maximum absolute atomic E-state index is 11.9. The molecule has 122 valence electrons. The van der Waals surface area contributed by atoms with Gasteiger partial charge in [0.25, 0.3) is 0 Å². The van der Waals surface area contributed by atoms with E-state index in [9.17, 15) is 9.90 Å². The summed E-state index contributed by atoms with van der Waals surface area (Å²) in [7, 11) is 0. The molecule has 2 heteroatoms. The molecule has 2 aliphatic rings. The quantitative estimate of drug-likeness (QED) is 0.559. The average Bonchev–Trinajstić information content (AvgIpc) is 2.45. The zero-order chi connectivity index (χ0) is 16.5. The first kappa shape index (κ1) is 17.1. The van der Waals surface area contributed by atoms with Crippen LogP contribution in [-0.2, 0) is 4.79 Å². The van der Waals surface area contributed by atoms with Gasteiger partial charge >= 0.3 is 5.97 Å². The summed E-state index contributed by atoms with van der Waals surface area (Å²) in [6.07, 6.45) is 9.95. The monoisotopic (exact) mass is 302 g/mol. The molecule has 0 aromatic rings. The van der Waals surface area contributed by atoms with Crippen LogP contribution in [0.15, 0.2) is 36.5 Å². The Kier molecular flexibility index (Phi) is 4.70. The highest BCUT2D eigenvalue weighted by Gasteiger charge is 2.57. The summed E-state index contributed by atoms with van der Waals surface area (Å²) in [5, 5.41) is 9.81. The van der Waals surface area contributed by atoms with Crippen LogP contribution in [0.25, 0.3) is 0 Å². The van der Waals surface area contributed by atoms with Crippen LogP contribution < -0.4 is 0 Å². The summed E-state index contributed by atoms with van der Waals surface area (Å²) in [5.41, 5.74) is 1.97. The van der Waals surface area contributed by atoms with Gasteiger partial charge in [0, 0.05) is 0 Å². The fourth-order valence-corrected chi connectivity index (χ4v) is 5.03. The van der Waals surface area contributed by atoms with Crippen LogP contribution in [0.4, 0.5) is 0 Å². The van der Waals surface area contributed by atoms with Crippen LogP contribution in [-0.4, -0.2) is 11.1 Å². The van der Waals surface area contributed by atoms with Gasteiger partial charge in [0.05, 0.1) is 5.41 Å². The number of hydrogen-bond donors (Lipinski definition) is 1. The van der Waals surface area contributed by atoms with Gasteiger partial charge in [-0.3, -0.25) is 4.79 Å². The normalized spacial score (nSPS) is 39.2. The van der Waals surface area contributed by atoms with Gasteiger partial charge in [-0.25, -0.2) is 0 Å². The van der Waals surface area contributed by atoms with Crippen LogP contribution in [0.5, 0.6) is 0 Å². The van der Waals surface area contributed by atoms with E-state index in [4.69, 9.17) is 0 Å². The highest BCUT2D eigenvalue weighted by atomic mass is 16.4. The average molecular weight is 302 g/mol. The lowest BCUT2D eigenvalue weighted by molar-refractivity contribution is -0.164. The van der Waals surface area contributed by atoms with Gasteiger partial charge in [0.2, 0.25) is 0 Å². The zero-order valence-electron chi connectivity index (χ0n) is 14.3. The van der Waals surface area contributed by atoms with Crippen molar-refractivity contribution in [1.82, 2.24) is 0 Å². The Morgan fingerprint density at radius 2 is 2.09 bits per heavy atom. The minimum absolute atomic E-state index is 0.0542. The van der Waals surface area contributed by atoms with E-state index in [2.05, 4.69) is 33.1 Å². The number of hydrogen-bond acceptors (Lipinski definition) is 1. The Morgan fingerprint density at radius 1 is 1.41 bits per heavy atom. The van der Waals surface area contributed by atoms with Crippen molar-refractivity contribution in [1.29, 1.82) is 0 Å². The lowest BCUT2D eigenvalue weighted by atomic mass is 9.46. The number of carboxylic acid groups (broad SMARTS) is 1. The highest BCUT2D eigenvalue weighted by molar-refractivity contribution is 5.75.